The van der Waals surface area contributed by atoms with Gasteiger partial charge < -0.3 is 36.6 Å². The van der Waals surface area contributed by atoms with Crippen LogP contribution in [0.2, 0.25) is 0 Å². The second kappa shape index (κ2) is 11.7. The van der Waals surface area contributed by atoms with Gasteiger partial charge in [-0.2, -0.15) is 0 Å². The highest BCUT2D eigenvalue weighted by atomic mass is 32.2. The normalized spacial score (nSPS) is 19.2. The molecule has 6 N–H and O–H groups in total. The molecule has 2 aliphatic rings. The molecule has 5 rings (SSSR count). The van der Waals surface area contributed by atoms with E-state index in [1.54, 1.807) is 15.4 Å². The van der Waals surface area contributed by atoms with Crippen LogP contribution in [0, 0.1) is 6.92 Å². The molecule has 2 aliphatic heterocycles. The van der Waals surface area contributed by atoms with Crippen LogP contribution >= 0.6 is 34.9 Å². The first-order chi connectivity index (χ1) is 20.4. The molecule has 0 aliphatic carbocycles. The Morgan fingerprint density at radius 1 is 1.37 bits per heavy atom. The molecule has 0 saturated carbocycles. The Labute approximate surface area is 255 Å². The van der Waals surface area contributed by atoms with Gasteiger partial charge in [0, 0.05) is 16.9 Å². The van der Waals surface area contributed by atoms with Crippen molar-refractivity contribution in [2.24, 2.45) is 12.2 Å². The Balaban J connectivity index is 1.35. The highest BCUT2D eigenvalue weighted by Crippen LogP contribution is 2.41. The molecule has 1 saturated heterocycles. The number of nitrogen functional groups attached to an aromatic ring is 2. The van der Waals surface area contributed by atoms with Gasteiger partial charge in [-0.1, -0.05) is 19.8 Å². The number of carbonyl (C=O) groups is 4. The number of fused-ring (bicyclic) bond motifs is 2. The summed E-state index contributed by atoms with van der Waals surface area (Å²) in [6.45, 7) is 3.03. The highest BCUT2D eigenvalue weighted by molar-refractivity contribution is 8.01. The van der Waals surface area contributed by atoms with Gasteiger partial charge in [0.15, 0.2) is 17.2 Å². The van der Waals surface area contributed by atoms with Crippen LogP contribution in [0.1, 0.15) is 18.2 Å². The molecule has 0 spiro atoms. The molecule has 5 heterocycles. The minimum atomic E-state index is -1.54. The van der Waals surface area contributed by atoms with Gasteiger partial charge in [0.2, 0.25) is 11.9 Å². The predicted octanol–water partition coefficient (Wildman–Crippen LogP) is -2.13. The lowest BCUT2D eigenvalue weighted by atomic mass is 10.0. The van der Waals surface area contributed by atoms with E-state index in [1.807, 2.05) is 14.0 Å². The number of anilines is 2. The van der Waals surface area contributed by atoms with E-state index in [0.29, 0.717) is 16.5 Å². The molecule has 3 aromatic heterocycles. The number of carbonyl (C=O) groups excluding carboxylic acids is 3. The Kier molecular flexibility index (Phi) is 8.16. The Hall–Kier alpha value is -4.43. The summed E-state index contributed by atoms with van der Waals surface area (Å²) >= 11 is 3.47. The summed E-state index contributed by atoms with van der Waals surface area (Å²) in [5, 5.41) is 33.0. The molecule has 1 fully saturated rings. The van der Waals surface area contributed by atoms with Crippen LogP contribution < -0.4 is 26.4 Å². The number of rotatable bonds is 10. The van der Waals surface area contributed by atoms with Gasteiger partial charge in [0.05, 0.1) is 24.3 Å². The number of β-lactam (4-membered cyclic amide) rings is 1. The third-order valence-electron chi connectivity index (χ3n) is 6.52. The van der Waals surface area contributed by atoms with Crippen LogP contribution in [0.5, 0.6) is 0 Å². The maximum atomic E-state index is 13.2. The lowest BCUT2D eigenvalue weighted by Crippen LogP contribution is -2.71. The molecule has 3 aromatic rings. The van der Waals surface area contributed by atoms with Crippen molar-refractivity contribution in [2.75, 3.05) is 23.0 Å². The number of oxime groups is 1. The van der Waals surface area contributed by atoms with Crippen molar-refractivity contribution < 1.29 is 38.7 Å². The van der Waals surface area contributed by atoms with Gasteiger partial charge in [-0.05, 0) is 31.2 Å². The van der Waals surface area contributed by atoms with E-state index in [1.165, 1.54) is 35.8 Å². The van der Waals surface area contributed by atoms with E-state index in [4.69, 9.17) is 21.4 Å². The van der Waals surface area contributed by atoms with E-state index >= 15 is 0 Å². The number of nitrogens with one attached hydrogen (secondary N) is 1. The molecule has 1 unspecified atom stereocenters. The van der Waals surface area contributed by atoms with Crippen LogP contribution in [-0.4, -0.2) is 88.1 Å². The first kappa shape index (κ1) is 30.0. The van der Waals surface area contributed by atoms with Crippen molar-refractivity contribution in [1.29, 1.82) is 0 Å². The molecule has 3 atom stereocenters. The number of nitrogens with two attached hydrogens (primary N) is 2. The Morgan fingerprint density at radius 2 is 2.12 bits per heavy atom. The maximum absolute atomic E-state index is 13.2. The van der Waals surface area contributed by atoms with Gasteiger partial charge in [-0.15, -0.1) is 23.1 Å². The van der Waals surface area contributed by atoms with Crippen LogP contribution in [0.3, 0.4) is 0 Å². The van der Waals surface area contributed by atoms with Crippen molar-refractivity contribution in [2.45, 2.75) is 36.5 Å². The van der Waals surface area contributed by atoms with Crippen LogP contribution in [0.15, 0.2) is 33.3 Å². The minimum absolute atomic E-state index is 0.0115. The molecule has 43 heavy (non-hydrogen) atoms. The summed E-state index contributed by atoms with van der Waals surface area (Å²) < 4.78 is 3.39. The second-order valence-corrected chi connectivity index (χ2v) is 12.3. The molecule has 20 heteroatoms. The van der Waals surface area contributed by atoms with Gasteiger partial charge >= 0.3 is 11.1 Å². The van der Waals surface area contributed by atoms with Crippen molar-refractivity contribution in [1.82, 2.24) is 29.9 Å². The average molecular weight is 649 g/mol. The summed E-state index contributed by atoms with van der Waals surface area (Å²) in [4.78, 5) is 64.1. The number of amides is 2. The lowest BCUT2D eigenvalue weighted by molar-refractivity contribution is -0.623. The minimum Gasteiger partial charge on any atom is -0.543 e. The lowest BCUT2D eigenvalue weighted by Gasteiger charge is -2.50. The number of hydrogen-bond donors (Lipinski definition) is 4. The first-order valence-corrected chi connectivity index (χ1v) is 15.3. The number of nitrogens with zero attached hydrogens (tertiary/aromatic N) is 7. The van der Waals surface area contributed by atoms with E-state index in [9.17, 15) is 24.3 Å². The first-order valence-electron chi connectivity index (χ1n) is 12.4. The highest BCUT2D eigenvalue weighted by Gasteiger charge is 2.53. The van der Waals surface area contributed by atoms with E-state index in [-0.39, 0.29) is 28.0 Å². The zero-order chi connectivity index (χ0) is 31.2. The molecule has 0 bridgehead atoms. The summed E-state index contributed by atoms with van der Waals surface area (Å²) in [5.74, 6) is -3.74. The van der Waals surface area contributed by atoms with Crippen molar-refractivity contribution >= 4 is 80.9 Å². The van der Waals surface area contributed by atoms with Crippen molar-refractivity contribution in [3.63, 3.8) is 0 Å². The Bertz CT molecular complexity index is 1740. The SMILES string of the molecule is Cc1c(N)nc(SCC2=C(C(=O)[O-])N3C(=O)C(NC(=O)/C(=N\O[C@H](C)C(=O)O)c4csc(N)n4)[C@@H]3SC2)[n+]2ncn(C)c12. The molecule has 0 aromatic carbocycles. The van der Waals surface area contributed by atoms with Crippen LogP contribution in [-0.2, 0) is 31.1 Å². The van der Waals surface area contributed by atoms with Gasteiger partial charge in [0.25, 0.3) is 17.5 Å². The van der Waals surface area contributed by atoms with E-state index in [0.717, 1.165) is 27.4 Å². The number of aliphatic carboxylic acids is 2. The number of aromatic nitrogens is 5. The zero-order valence-electron chi connectivity index (χ0n) is 22.7. The molecule has 0 radical (unpaired) electrons. The van der Waals surface area contributed by atoms with Crippen LogP contribution in [0.25, 0.3) is 5.65 Å². The fourth-order valence-electron chi connectivity index (χ4n) is 4.32. The third kappa shape index (κ3) is 5.55. The number of carboxylic acid groups (broad SMARTS) is 2. The van der Waals surface area contributed by atoms with Gasteiger partial charge in [0.1, 0.15) is 17.1 Å². The summed E-state index contributed by atoms with van der Waals surface area (Å²) in [7, 11) is 1.81. The molecular formula is C23H24N10O7S3. The van der Waals surface area contributed by atoms with Gasteiger partial charge in [-0.3, -0.25) is 14.5 Å². The molecule has 226 valence electrons. The zero-order valence-corrected chi connectivity index (χ0v) is 25.2. The average Bonchev–Trinajstić information content (AvgIpc) is 3.57. The smallest absolute Gasteiger partial charge is 0.347 e. The summed E-state index contributed by atoms with van der Waals surface area (Å²) in [5.41, 5.74) is 13.0. The molecule has 17 nitrogen and oxygen atoms in total. The number of thioether (sulfide) groups is 2. The number of thiazole rings is 1. The monoisotopic (exact) mass is 648 g/mol. The fourth-order valence-corrected chi connectivity index (χ4v) is 7.30. The third-order valence-corrected chi connectivity index (χ3v) is 9.55. The maximum Gasteiger partial charge on any atom is 0.347 e. The van der Waals surface area contributed by atoms with Gasteiger partial charge in [-0.25, -0.2) is 14.3 Å². The van der Waals surface area contributed by atoms with Crippen molar-refractivity contribution in [3.8, 4) is 0 Å². The summed E-state index contributed by atoms with van der Waals surface area (Å²) in [6, 6.07) is -1.11. The largest absolute Gasteiger partial charge is 0.543 e. The summed E-state index contributed by atoms with van der Waals surface area (Å²) in [6.07, 6.45) is 0.227. The quantitative estimate of drug-likeness (QED) is 0.0458. The van der Waals surface area contributed by atoms with Crippen molar-refractivity contribution in [3.05, 3.63) is 34.2 Å². The van der Waals surface area contributed by atoms with E-state index in [2.05, 4.69) is 25.5 Å². The van der Waals surface area contributed by atoms with Crippen LogP contribution in [0.4, 0.5) is 10.9 Å². The predicted molar refractivity (Wildman–Crippen MR) is 152 cm³/mol. The molecule has 2 amide bonds. The number of hydrogen-bond acceptors (Lipinski definition) is 15. The standard InChI is InChI=1S/C23H24N10O7S3/c1-8-15(24)29-23(33-17(8)31(3)7-26-33)43-5-10-4-41-19-13(18(35)32(19)14(10)21(38)39)28-16(34)12(11-6-42-22(25)27-11)30-40-9(2)20(36)37/h6-7,9,13,19,24H,4-5H2,1-3H3,(H5,25,27,28,34,36,37,38,39)/b30-12-/t9-,13?,19+/m1/s1. The molecular weight excluding hydrogens is 625 g/mol. The number of aryl methyl sites for hydroxylation is 2. The Morgan fingerprint density at radius 3 is 2.77 bits per heavy atom. The topological polar surface area (TPSA) is 248 Å². The fraction of sp³-hybridized carbons (Fsp3) is 0.348. The van der Waals surface area contributed by atoms with E-state index < -0.39 is 47.0 Å². The number of carboxylic acids is 2. The second-order valence-electron chi connectivity index (χ2n) is 9.37.